The van der Waals surface area contributed by atoms with E-state index in [-0.39, 0.29) is 10.6 Å². The molecule has 0 atom stereocenters. The Morgan fingerprint density at radius 3 is 2.53 bits per heavy atom. The molecule has 1 heterocycles. The van der Waals surface area contributed by atoms with Gasteiger partial charge in [0.1, 0.15) is 0 Å². The lowest BCUT2D eigenvalue weighted by Crippen LogP contribution is -1.91. The van der Waals surface area contributed by atoms with E-state index in [0.717, 1.165) is 17.7 Å². The van der Waals surface area contributed by atoms with Crippen LogP contribution in [-0.4, -0.2) is 9.91 Å². The third kappa shape index (κ3) is 2.20. The van der Waals surface area contributed by atoms with Gasteiger partial charge in [-0.3, -0.25) is 10.1 Å². The van der Waals surface area contributed by atoms with E-state index in [1.165, 1.54) is 10.8 Å². The van der Waals surface area contributed by atoms with Crippen LogP contribution >= 0.6 is 0 Å². The summed E-state index contributed by atoms with van der Waals surface area (Å²) in [5.74, 6) is 0. The lowest BCUT2D eigenvalue weighted by Gasteiger charge is -2.00. The number of benzene rings is 2. The van der Waals surface area contributed by atoms with Crippen LogP contribution in [0.25, 0.3) is 10.8 Å². The molecule has 0 radical (unpaired) electrons. The quantitative estimate of drug-likeness (QED) is 0.571. The Morgan fingerprint density at radius 1 is 1.05 bits per heavy atom. The van der Waals surface area contributed by atoms with Gasteiger partial charge in [0, 0.05) is 35.8 Å². The third-order valence-corrected chi connectivity index (χ3v) is 3.22. The maximum atomic E-state index is 10.6. The van der Waals surface area contributed by atoms with Gasteiger partial charge in [0.2, 0.25) is 0 Å². The maximum Gasteiger partial charge on any atom is 0.269 e. The average Bonchev–Trinajstić information content (AvgIpc) is 2.83. The number of hydrogen-bond donors (Lipinski definition) is 1. The first-order valence-electron chi connectivity index (χ1n) is 6.02. The van der Waals surface area contributed by atoms with E-state index in [0.29, 0.717) is 0 Å². The first-order chi connectivity index (χ1) is 9.24. The standard InChI is InChI=1S/C15H12N2O2/c18-17(19)13-7-5-11(6-8-13)9-15-14-4-2-1-3-12(14)10-16-15/h1-8,10,16H,9H2. The van der Waals surface area contributed by atoms with Gasteiger partial charge in [-0.05, 0) is 10.9 Å². The highest BCUT2D eigenvalue weighted by molar-refractivity contribution is 5.85. The third-order valence-electron chi connectivity index (χ3n) is 3.22. The number of aromatic nitrogens is 1. The Labute approximate surface area is 109 Å². The van der Waals surface area contributed by atoms with Crippen LogP contribution in [0.2, 0.25) is 0 Å². The molecule has 1 N–H and O–H groups in total. The molecule has 4 heteroatoms. The first-order valence-corrected chi connectivity index (χ1v) is 6.02. The highest BCUT2D eigenvalue weighted by atomic mass is 16.6. The topological polar surface area (TPSA) is 58.9 Å². The second kappa shape index (κ2) is 4.57. The van der Waals surface area contributed by atoms with Gasteiger partial charge in [0.05, 0.1) is 4.92 Å². The Hall–Kier alpha value is -2.62. The van der Waals surface area contributed by atoms with Crippen molar-refractivity contribution in [1.29, 1.82) is 0 Å². The lowest BCUT2D eigenvalue weighted by molar-refractivity contribution is -0.384. The second-order valence-electron chi connectivity index (χ2n) is 4.45. The number of non-ortho nitro benzene ring substituents is 1. The van der Waals surface area contributed by atoms with Crippen molar-refractivity contribution in [1.82, 2.24) is 4.98 Å². The van der Waals surface area contributed by atoms with Gasteiger partial charge in [-0.15, -0.1) is 0 Å². The van der Waals surface area contributed by atoms with Crippen molar-refractivity contribution in [2.45, 2.75) is 6.42 Å². The molecule has 19 heavy (non-hydrogen) atoms. The van der Waals surface area contributed by atoms with E-state index in [2.05, 4.69) is 17.1 Å². The van der Waals surface area contributed by atoms with Crippen LogP contribution in [0, 0.1) is 10.1 Å². The minimum atomic E-state index is -0.381. The Kier molecular flexibility index (Phi) is 2.76. The number of nitrogens with zero attached hydrogens (tertiary/aromatic N) is 1. The number of nitro groups is 1. The summed E-state index contributed by atoms with van der Waals surface area (Å²) < 4.78 is 0. The van der Waals surface area contributed by atoms with Crippen LogP contribution < -0.4 is 0 Å². The average molecular weight is 252 g/mol. The van der Waals surface area contributed by atoms with E-state index in [1.54, 1.807) is 24.3 Å². The monoisotopic (exact) mass is 252 g/mol. The number of hydrogen-bond acceptors (Lipinski definition) is 2. The molecule has 4 nitrogen and oxygen atoms in total. The fourth-order valence-electron chi connectivity index (χ4n) is 2.23. The number of rotatable bonds is 3. The van der Waals surface area contributed by atoms with Crippen molar-refractivity contribution in [3.05, 3.63) is 76.1 Å². The summed E-state index contributed by atoms with van der Waals surface area (Å²) in [6.45, 7) is 0. The van der Waals surface area contributed by atoms with E-state index >= 15 is 0 Å². The molecule has 1 aromatic heterocycles. The molecule has 0 saturated heterocycles. The zero-order valence-electron chi connectivity index (χ0n) is 10.2. The van der Waals surface area contributed by atoms with Crippen molar-refractivity contribution in [2.24, 2.45) is 0 Å². The van der Waals surface area contributed by atoms with Crippen LogP contribution in [0.5, 0.6) is 0 Å². The van der Waals surface area contributed by atoms with Gasteiger partial charge >= 0.3 is 0 Å². The highest BCUT2D eigenvalue weighted by Crippen LogP contribution is 2.21. The highest BCUT2D eigenvalue weighted by Gasteiger charge is 2.07. The largest absolute Gasteiger partial charge is 0.364 e. The normalized spacial score (nSPS) is 10.7. The van der Waals surface area contributed by atoms with Crippen molar-refractivity contribution >= 4 is 16.5 Å². The van der Waals surface area contributed by atoms with Crippen molar-refractivity contribution in [3.63, 3.8) is 0 Å². The molecular weight excluding hydrogens is 240 g/mol. The fraction of sp³-hybridized carbons (Fsp3) is 0.0667. The van der Waals surface area contributed by atoms with Gasteiger partial charge in [-0.2, -0.15) is 0 Å². The van der Waals surface area contributed by atoms with E-state index < -0.39 is 0 Å². The zero-order chi connectivity index (χ0) is 13.2. The van der Waals surface area contributed by atoms with Gasteiger partial charge in [-0.25, -0.2) is 0 Å². The molecule has 94 valence electrons. The van der Waals surface area contributed by atoms with Crippen LogP contribution in [0.1, 0.15) is 11.3 Å². The summed E-state index contributed by atoms with van der Waals surface area (Å²) in [7, 11) is 0. The Bertz CT molecular complexity index is 729. The number of nitrogens with one attached hydrogen (secondary N) is 1. The van der Waals surface area contributed by atoms with Crippen molar-refractivity contribution in [3.8, 4) is 0 Å². The molecule has 0 aliphatic rings. The predicted molar refractivity (Wildman–Crippen MR) is 74.2 cm³/mol. The molecule has 0 aliphatic heterocycles. The minimum absolute atomic E-state index is 0.125. The molecule has 0 bridgehead atoms. The molecule has 2 aromatic carbocycles. The zero-order valence-corrected chi connectivity index (χ0v) is 10.2. The Balaban J connectivity index is 1.90. The summed E-state index contributed by atoms with van der Waals surface area (Å²) in [6.07, 6.45) is 2.72. The van der Waals surface area contributed by atoms with Gasteiger partial charge in [-0.1, -0.05) is 36.4 Å². The molecule has 0 saturated carbocycles. The van der Waals surface area contributed by atoms with Crippen LogP contribution in [0.15, 0.2) is 54.7 Å². The summed E-state index contributed by atoms with van der Waals surface area (Å²) in [5, 5.41) is 13.0. The molecule has 0 unspecified atom stereocenters. The smallest absolute Gasteiger partial charge is 0.269 e. The van der Waals surface area contributed by atoms with E-state index in [1.807, 2.05) is 18.3 Å². The summed E-state index contributed by atoms with van der Waals surface area (Å²) in [4.78, 5) is 13.5. The van der Waals surface area contributed by atoms with Gasteiger partial charge < -0.3 is 4.98 Å². The summed E-state index contributed by atoms with van der Waals surface area (Å²) >= 11 is 0. The number of H-pyrrole nitrogens is 1. The van der Waals surface area contributed by atoms with E-state index in [9.17, 15) is 10.1 Å². The number of fused-ring (bicyclic) bond motifs is 1. The van der Waals surface area contributed by atoms with Gasteiger partial charge in [0.15, 0.2) is 0 Å². The summed E-state index contributed by atoms with van der Waals surface area (Å²) in [6, 6.07) is 14.8. The molecular formula is C15H12N2O2. The molecule has 0 fully saturated rings. The fourth-order valence-corrected chi connectivity index (χ4v) is 2.23. The Morgan fingerprint density at radius 2 is 1.79 bits per heavy atom. The van der Waals surface area contributed by atoms with Crippen LogP contribution in [-0.2, 0) is 6.42 Å². The van der Waals surface area contributed by atoms with Crippen molar-refractivity contribution in [2.75, 3.05) is 0 Å². The number of nitro benzene ring substituents is 1. The maximum absolute atomic E-state index is 10.6. The predicted octanol–water partition coefficient (Wildman–Crippen LogP) is 3.67. The molecule has 3 aromatic rings. The van der Waals surface area contributed by atoms with E-state index in [4.69, 9.17) is 0 Å². The minimum Gasteiger partial charge on any atom is -0.364 e. The number of aromatic amines is 1. The molecule has 0 amide bonds. The molecule has 3 rings (SSSR count). The first kappa shape index (κ1) is 11.5. The van der Waals surface area contributed by atoms with Crippen LogP contribution in [0.4, 0.5) is 5.69 Å². The molecule has 0 aliphatic carbocycles. The second-order valence-corrected chi connectivity index (χ2v) is 4.45. The lowest BCUT2D eigenvalue weighted by atomic mass is 10.1. The SMILES string of the molecule is O=[N+]([O-])c1ccc(Cc2[nH]cc3ccccc23)cc1. The molecule has 0 spiro atoms. The van der Waals surface area contributed by atoms with Crippen LogP contribution in [0.3, 0.4) is 0 Å². The van der Waals surface area contributed by atoms with Gasteiger partial charge in [0.25, 0.3) is 5.69 Å². The summed E-state index contributed by atoms with van der Waals surface area (Å²) in [5.41, 5.74) is 2.31. The van der Waals surface area contributed by atoms with Crippen molar-refractivity contribution < 1.29 is 4.92 Å².